The maximum atomic E-state index is 13.2. The Morgan fingerprint density at radius 3 is 2.50 bits per heavy atom. The molecule has 2 nitrogen and oxygen atoms in total. The summed E-state index contributed by atoms with van der Waals surface area (Å²) in [7, 11) is 0. The molecule has 0 radical (unpaired) electrons. The van der Waals surface area contributed by atoms with Crippen molar-refractivity contribution in [3.63, 3.8) is 0 Å². The van der Waals surface area contributed by atoms with Crippen molar-refractivity contribution in [2.45, 2.75) is 18.8 Å². The molecule has 1 aliphatic rings. The maximum Gasteiger partial charge on any atom is 0.224 e. The lowest BCUT2D eigenvalue weighted by atomic mass is 10.3. The second kappa shape index (κ2) is 2.82. The van der Waals surface area contributed by atoms with E-state index in [9.17, 15) is 4.39 Å². The first-order chi connectivity index (χ1) is 5.68. The van der Waals surface area contributed by atoms with E-state index < -0.39 is 5.82 Å². The predicted octanol–water partition coefficient (Wildman–Crippen LogP) is 2.80. The third-order valence-electron chi connectivity index (χ3n) is 1.77. The van der Waals surface area contributed by atoms with Crippen molar-refractivity contribution in [2.75, 3.05) is 0 Å². The Labute approximate surface area is 78.7 Å². The number of hydrogen-bond acceptors (Lipinski definition) is 2. The minimum atomic E-state index is -0.524. The molecule has 0 saturated heterocycles. The highest BCUT2D eigenvalue weighted by Gasteiger charge is 2.30. The first kappa shape index (κ1) is 8.20. The van der Waals surface area contributed by atoms with Gasteiger partial charge in [-0.2, -0.15) is 0 Å². The molecule has 0 atom stereocenters. The third kappa shape index (κ3) is 1.39. The minimum Gasteiger partial charge on any atom is -0.220 e. The molecule has 0 N–H and O–H groups in total. The molecule has 2 rings (SSSR count). The molecule has 0 aliphatic heterocycles. The Morgan fingerprint density at radius 1 is 1.25 bits per heavy atom. The van der Waals surface area contributed by atoms with E-state index in [1.807, 2.05) is 0 Å². The van der Waals surface area contributed by atoms with Crippen LogP contribution in [0, 0.1) is 5.82 Å². The summed E-state index contributed by atoms with van der Waals surface area (Å²) in [4.78, 5) is 7.28. The Kier molecular flexibility index (Phi) is 1.93. The lowest BCUT2D eigenvalue weighted by molar-refractivity contribution is 0.592. The molecule has 5 heteroatoms. The molecule has 0 spiro atoms. The average molecular weight is 207 g/mol. The van der Waals surface area contributed by atoms with E-state index in [1.165, 1.54) is 0 Å². The molecule has 12 heavy (non-hydrogen) atoms. The van der Waals surface area contributed by atoms with Gasteiger partial charge in [-0.3, -0.25) is 0 Å². The summed E-state index contributed by atoms with van der Waals surface area (Å²) >= 11 is 11.0. The van der Waals surface area contributed by atoms with Crippen molar-refractivity contribution in [2.24, 2.45) is 0 Å². The Hall–Kier alpha value is -0.410. The van der Waals surface area contributed by atoms with Gasteiger partial charge in [-0.15, -0.1) is 0 Å². The summed E-state index contributed by atoms with van der Waals surface area (Å²) in [6, 6.07) is 0. The fraction of sp³-hybridized carbons (Fsp3) is 0.429. The van der Waals surface area contributed by atoms with Crippen LogP contribution in [0.25, 0.3) is 0 Å². The van der Waals surface area contributed by atoms with Crippen LogP contribution in [0.15, 0.2) is 0 Å². The molecular weight excluding hydrogens is 202 g/mol. The van der Waals surface area contributed by atoms with E-state index >= 15 is 0 Å². The quantitative estimate of drug-likeness (QED) is 0.522. The summed E-state index contributed by atoms with van der Waals surface area (Å²) in [6.07, 6.45) is 1.92. The number of rotatable bonds is 1. The van der Waals surface area contributed by atoms with Crippen molar-refractivity contribution in [1.82, 2.24) is 9.97 Å². The van der Waals surface area contributed by atoms with Gasteiger partial charge < -0.3 is 0 Å². The molecule has 0 aromatic carbocycles. The van der Waals surface area contributed by atoms with Crippen LogP contribution in [0.2, 0.25) is 10.4 Å². The second-order valence-corrected chi connectivity index (χ2v) is 3.45. The zero-order valence-corrected chi connectivity index (χ0v) is 7.53. The number of aromatic nitrogens is 2. The van der Waals surface area contributed by atoms with Crippen molar-refractivity contribution in [3.05, 3.63) is 21.9 Å². The van der Waals surface area contributed by atoms with Gasteiger partial charge in [0.05, 0.1) is 5.69 Å². The van der Waals surface area contributed by atoms with Gasteiger partial charge in [-0.25, -0.2) is 14.4 Å². The van der Waals surface area contributed by atoms with Crippen molar-refractivity contribution >= 4 is 23.2 Å². The fourth-order valence-corrected chi connectivity index (χ4v) is 1.43. The molecule has 0 bridgehead atoms. The molecule has 0 unspecified atom stereocenters. The van der Waals surface area contributed by atoms with Crippen LogP contribution in [-0.4, -0.2) is 9.97 Å². The van der Waals surface area contributed by atoms with Crippen LogP contribution in [0.3, 0.4) is 0 Å². The van der Waals surface area contributed by atoms with Gasteiger partial charge >= 0.3 is 0 Å². The minimum absolute atomic E-state index is 0.0169. The summed E-state index contributed by atoms with van der Waals surface area (Å²) in [5.41, 5.74) is 0.361. The molecule has 0 amide bonds. The Bertz CT molecular complexity index is 325. The van der Waals surface area contributed by atoms with E-state index in [2.05, 4.69) is 9.97 Å². The fourth-order valence-electron chi connectivity index (χ4n) is 1.04. The summed E-state index contributed by atoms with van der Waals surface area (Å²) in [5.74, 6) is -0.327. The lowest BCUT2D eigenvalue weighted by Gasteiger charge is -2.00. The van der Waals surface area contributed by atoms with E-state index in [4.69, 9.17) is 23.2 Å². The average Bonchev–Trinajstić information content (AvgIpc) is 2.79. The molecule has 1 aromatic rings. The number of halogens is 3. The molecule has 1 saturated carbocycles. The van der Waals surface area contributed by atoms with Crippen LogP contribution in [0.5, 0.6) is 0 Å². The van der Waals surface area contributed by atoms with E-state index in [0.717, 1.165) is 12.8 Å². The van der Waals surface area contributed by atoms with Crippen LogP contribution < -0.4 is 0 Å². The first-order valence-electron chi connectivity index (χ1n) is 3.57. The number of nitrogens with zero attached hydrogens (tertiary/aromatic N) is 2. The van der Waals surface area contributed by atoms with Gasteiger partial charge in [0.1, 0.15) is 0 Å². The highest BCUT2D eigenvalue weighted by molar-refractivity contribution is 6.31. The normalized spacial score (nSPS) is 16.6. The van der Waals surface area contributed by atoms with Gasteiger partial charge in [0.25, 0.3) is 0 Å². The van der Waals surface area contributed by atoms with E-state index in [1.54, 1.807) is 0 Å². The predicted molar refractivity (Wildman–Crippen MR) is 44.0 cm³/mol. The molecule has 1 fully saturated rings. The largest absolute Gasteiger partial charge is 0.224 e. The van der Waals surface area contributed by atoms with Crippen LogP contribution >= 0.6 is 23.2 Å². The highest BCUT2D eigenvalue weighted by Crippen LogP contribution is 2.41. The van der Waals surface area contributed by atoms with E-state index in [0.29, 0.717) is 5.69 Å². The second-order valence-electron chi connectivity index (χ2n) is 2.76. The summed E-state index contributed by atoms with van der Waals surface area (Å²) < 4.78 is 13.2. The third-order valence-corrected chi connectivity index (χ3v) is 2.19. The standard InChI is InChI=1S/C7H5Cl2FN2/c8-6-4(10)5(3-1-2-3)11-7(9)12-6/h3H,1-2H2. The molecule has 1 heterocycles. The Balaban J connectivity index is 2.51. The first-order valence-corrected chi connectivity index (χ1v) is 4.32. The zero-order chi connectivity index (χ0) is 8.72. The maximum absolute atomic E-state index is 13.2. The summed E-state index contributed by atoms with van der Waals surface area (Å²) in [6.45, 7) is 0. The number of hydrogen-bond donors (Lipinski definition) is 0. The van der Waals surface area contributed by atoms with Gasteiger partial charge in [-0.05, 0) is 24.4 Å². The van der Waals surface area contributed by atoms with Gasteiger partial charge in [0.15, 0.2) is 11.0 Å². The van der Waals surface area contributed by atoms with Crippen molar-refractivity contribution in [3.8, 4) is 0 Å². The Morgan fingerprint density at radius 2 is 1.92 bits per heavy atom. The van der Waals surface area contributed by atoms with Crippen molar-refractivity contribution in [1.29, 1.82) is 0 Å². The zero-order valence-electron chi connectivity index (χ0n) is 6.02. The smallest absolute Gasteiger partial charge is 0.220 e. The van der Waals surface area contributed by atoms with E-state index in [-0.39, 0.29) is 16.4 Å². The van der Waals surface area contributed by atoms with Gasteiger partial charge in [0, 0.05) is 5.92 Å². The van der Waals surface area contributed by atoms with Crippen molar-refractivity contribution < 1.29 is 4.39 Å². The highest BCUT2D eigenvalue weighted by atomic mass is 35.5. The topological polar surface area (TPSA) is 25.8 Å². The van der Waals surface area contributed by atoms with Gasteiger partial charge in [0.2, 0.25) is 5.28 Å². The molecule has 1 aromatic heterocycles. The summed E-state index contributed by atoms with van der Waals surface area (Å²) in [5, 5.41) is -0.166. The van der Waals surface area contributed by atoms with Crippen LogP contribution in [0.1, 0.15) is 24.5 Å². The molecule has 1 aliphatic carbocycles. The van der Waals surface area contributed by atoms with Gasteiger partial charge in [-0.1, -0.05) is 11.6 Å². The monoisotopic (exact) mass is 206 g/mol. The molecular formula is C7H5Cl2FN2. The van der Waals surface area contributed by atoms with Crippen LogP contribution in [0.4, 0.5) is 4.39 Å². The lowest BCUT2D eigenvalue weighted by Crippen LogP contribution is -1.97. The molecule has 64 valence electrons. The SMILES string of the molecule is Fc1c(Cl)nc(Cl)nc1C1CC1. The van der Waals surface area contributed by atoms with Crippen LogP contribution in [-0.2, 0) is 0 Å².